The molecule has 0 saturated carbocycles. The van der Waals surface area contributed by atoms with Crippen LogP contribution in [0.5, 0.6) is 5.75 Å². The van der Waals surface area contributed by atoms with Crippen molar-refractivity contribution >= 4 is 17.6 Å². The third-order valence-electron chi connectivity index (χ3n) is 3.31. The van der Waals surface area contributed by atoms with Gasteiger partial charge in [0.15, 0.2) is 12.4 Å². The summed E-state index contributed by atoms with van der Waals surface area (Å²) in [7, 11) is 0. The summed E-state index contributed by atoms with van der Waals surface area (Å²) in [5.41, 5.74) is 2.15. The molecule has 6 heteroatoms. The molecule has 0 aliphatic carbocycles. The van der Waals surface area contributed by atoms with E-state index in [9.17, 15) is 4.79 Å². The number of hydrogen-bond donors (Lipinski definition) is 1. The summed E-state index contributed by atoms with van der Waals surface area (Å²) in [6, 6.07) is 6.04. The summed E-state index contributed by atoms with van der Waals surface area (Å²) >= 11 is 5.80. The van der Waals surface area contributed by atoms with E-state index in [1.54, 1.807) is 0 Å². The fourth-order valence-corrected chi connectivity index (χ4v) is 2.25. The second-order valence-electron chi connectivity index (χ2n) is 6.17. The molecule has 1 heterocycles. The summed E-state index contributed by atoms with van der Waals surface area (Å²) in [6.45, 7) is 8.54. The molecule has 0 bridgehead atoms. The topological polar surface area (TPSA) is 64.3 Å². The number of carbonyl (C=O) groups is 1. The van der Waals surface area contributed by atoms with Gasteiger partial charge in [0.25, 0.3) is 0 Å². The molecule has 2 rings (SSSR count). The Labute approximate surface area is 134 Å². The first kappa shape index (κ1) is 16.4. The molecule has 5 nitrogen and oxygen atoms in total. The average Bonchev–Trinajstić information content (AvgIpc) is 2.77. The first-order chi connectivity index (χ1) is 10.2. The third-order valence-corrected chi connectivity index (χ3v) is 3.59. The molecule has 0 amide bonds. The van der Waals surface area contributed by atoms with Crippen molar-refractivity contribution in [1.29, 1.82) is 0 Å². The maximum absolute atomic E-state index is 10.9. The summed E-state index contributed by atoms with van der Waals surface area (Å²) in [5.74, 6) is -0.425. The van der Waals surface area contributed by atoms with Crippen molar-refractivity contribution in [2.24, 2.45) is 0 Å². The van der Waals surface area contributed by atoms with Gasteiger partial charge in [-0.15, -0.1) is 0 Å². The molecule has 0 spiro atoms. The van der Waals surface area contributed by atoms with Gasteiger partial charge >= 0.3 is 5.97 Å². The highest BCUT2D eigenvalue weighted by atomic mass is 35.5. The van der Waals surface area contributed by atoms with Crippen LogP contribution >= 0.6 is 11.6 Å². The second-order valence-corrected chi connectivity index (χ2v) is 6.58. The monoisotopic (exact) mass is 322 g/mol. The zero-order valence-corrected chi connectivity index (χ0v) is 13.8. The molecule has 118 valence electrons. The Morgan fingerprint density at radius 3 is 2.59 bits per heavy atom. The van der Waals surface area contributed by atoms with Gasteiger partial charge in [0.05, 0.1) is 5.02 Å². The summed E-state index contributed by atoms with van der Waals surface area (Å²) in [5, 5.41) is 12.9. The van der Waals surface area contributed by atoms with E-state index in [4.69, 9.17) is 21.4 Å². The maximum Gasteiger partial charge on any atom is 0.357 e. The first-order valence-corrected chi connectivity index (χ1v) is 7.26. The van der Waals surface area contributed by atoms with Crippen LogP contribution in [0.3, 0.4) is 0 Å². The predicted octanol–water partition coefficient (Wildman–Crippen LogP) is 3.88. The highest BCUT2D eigenvalue weighted by Gasteiger charge is 2.16. The Morgan fingerprint density at radius 2 is 2.09 bits per heavy atom. The lowest BCUT2D eigenvalue weighted by atomic mass is 9.86. The fraction of sp³-hybridized carbons (Fsp3) is 0.375. The molecule has 0 fully saturated rings. The smallest absolute Gasteiger partial charge is 0.357 e. The first-order valence-electron chi connectivity index (χ1n) is 6.88. The molecule has 0 aliphatic heterocycles. The van der Waals surface area contributed by atoms with Gasteiger partial charge in [0, 0.05) is 6.20 Å². The van der Waals surface area contributed by atoms with E-state index in [1.807, 2.05) is 19.1 Å². The average molecular weight is 323 g/mol. The number of carboxylic acid groups (broad SMARTS) is 1. The summed E-state index contributed by atoms with van der Waals surface area (Å²) in [6.07, 6.45) is 1.43. The van der Waals surface area contributed by atoms with E-state index >= 15 is 0 Å². The van der Waals surface area contributed by atoms with E-state index in [1.165, 1.54) is 16.4 Å². The molecule has 0 unspecified atom stereocenters. The summed E-state index contributed by atoms with van der Waals surface area (Å²) in [4.78, 5) is 10.9. The Morgan fingerprint density at radius 1 is 1.41 bits per heavy atom. The van der Waals surface area contributed by atoms with Crippen molar-refractivity contribution in [3.63, 3.8) is 0 Å². The largest absolute Gasteiger partial charge is 0.476 e. The number of benzene rings is 1. The van der Waals surface area contributed by atoms with Crippen LogP contribution in [-0.2, 0) is 12.1 Å². The molecule has 0 atom stereocenters. The minimum Gasteiger partial charge on any atom is -0.476 e. The van der Waals surface area contributed by atoms with Crippen molar-refractivity contribution < 1.29 is 14.6 Å². The molecular formula is C16H19ClN2O3. The van der Waals surface area contributed by atoms with Gasteiger partial charge in [-0.3, -0.25) is 0 Å². The standard InChI is InChI=1S/C16H19ClN2O3/c1-10-7-11(16(2,3)4)5-6-13(10)22-9-19-8-12(17)14(18-19)15(20)21/h5-8H,9H2,1-4H3,(H,20,21). The maximum atomic E-state index is 10.9. The van der Waals surface area contributed by atoms with Crippen molar-refractivity contribution in [3.8, 4) is 5.75 Å². The van der Waals surface area contributed by atoms with Gasteiger partial charge in [0.1, 0.15) is 5.75 Å². The molecule has 0 radical (unpaired) electrons. The van der Waals surface area contributed by atoms with Crippen LogP contribution in [0.1, 0.15) is 42.4 Å². The fourth-order valence-electron chi connectivity index (χ4n) is 2.02. The SMILES string of the molecule is Cc1cc(C(C)(C)C)ccc1OCn1cc(Cl)c(C(=O)O)n1. The van der Waals surface area contributed by atoms with Crippen LogP contribution in [0.15, 0.2) is 24.4 Å². The Balaban J connectivity index is 2.12. The lowest BCUT2D eigenvalue weighted by molar-refractivity contribution is 0.0688. The number of aromatic carboxylic acids is 1. The van der Waals surface area contributed by atoms with E-state index in [2.05, 4.69) is 31.9 Å². The zero-order chi connectivity index (χ0) is 16.5. The van der Waals surface area contributed by atoms with Gasteiger partial charge in [-0.25, -0.2) is 9.48 Å². The number of aromatic nitrogens is 2. The molecule has 1 aromatic carbocycles. The number of halogens is 1. The van der Waals surface area contributed by atoms with Crippen molar-refractivity contribution in [2.75, 3.05) is 0 Å². The van der Waals surface area contributed by atoms with Crippen molar-refractivity contribution in [2.45, 2.75) is 39.8 Å². The van der Waals surface area contributed by atoms with Crippen LogP contribution < -0.4 is 4.74 Å². The van der Waals surface area contributed by atoms with Gasteiger partial charge in [-0.1, -0.05) is 44.5 Å². The molecule has 22 heavy (non-hydrogen) atoms. The number of carboxylic acids is 1. The second kappa shape index (κ2) is 6.01. The van der Waals surface area contributed by atoms with E-state index in [-0.39, 0.29) is 22.9 Å². The lowest BCUT2D eigenvalue weighted by Crippen LogP contribution is -2.12. The number of rotatable bonds is 4. The lowest BCUT2D eigenvalue weighted by Gasteiger charge is -2.20. The highest BCUT2D eigenvalue weighted by molar-refractivity contribution is 6.33. The molecule has 0 aliphatic rings. The quantitative estimate of drug-likeness (QED) is 0.927. The van der Waals surface area contributed by atoms with Crippen molar-refractivity contribution in [3.05, 3.63) is 46.2 Å². The molecule has 0 saturated heterocycles. The molecule has 2 aromatic rings. The van der Waals surface area contributed by atoms with Crippen LogP contribution in [0.2, 0.25) is 5.02 Å². The minimum absolute atomic E-state index is 0.0786. The Hall–Kier alpha value is -2.01. The zero-order valence-electron chi connectivity index (χ0n) is 13.1. The van der Waals surface area contributed by atoms with Crippen LogP contribution in [0, 0.1) is 6.92 Å². The van der Waals surface area contributed by atoms with Crippen LogP contribution in [-0.4, -0.2) is 20.9 Å². The van der Waals surface area contributed by atoms with E-state index in [0.29, 0.717) is 0 Å². The Kier molecular flexibility index (Phi) is 4.47. The van der Waals surface area contributed by atoms with Gasteiger partial charge in [-0.2, -0.15) is 5.10 Å². The number of hydrogen-bond acceptors (Lipinski definition) is 3. The van der Waals surface area contributed by atoms with Crippen LogP contribution in [0.25, 0.3) is 0 Å². The summed E-state index contributed by atoms with van der Waals surface area (Å²) < 4.78 is 7.05. The van der Waals surface area contributed by atoms with Gasteiger partial charge in [0.2, 0.25) is 0 Å². The highest BCUT2D eigenvalue weighted by Crippen LogP contribution is 2.27. The van der Waals surface area contributed by atoms with Crippen LogP contribution in [0.4, 0.5) is 0 Å². The van der Waals surface area contributed by atoms with E-state index < -0.39 is 5.97 Å². The normalized spacial score (nSPS) is 11.5. The van der Waals surface area contributed by atoms with Gasteiger partial charge < -0.3 is 9.84 Å². The number of aryl methyl sites for hydroxylation is 1. The predicted molar refractivity (Wildman–Crippen MR) is 84.7 cm³/mol. The Bertz CT molecular complexity index is 702. The third kappa shape index (κ3) is 3.60. The molecule has 1 aromatic heterocycles. The van der Waals surface area contributed by atoms with E-state index in [0.717, 1.165) is 11.3 Å². The van der Waals surface area contributed by atoms with Crippen molar-refractivity contribution in [1.82, 2.24) is 9.78 Å². The van der Waals surface area contributed by atoms with Gasteiger partial charge in [-0.05, 0) is 29.5 Å². The minimum atomic E-state index is -1.16. The number of nitrogens with zero attached hydrogens (tertiary/aromatic N) is 2. The molecule has 1 N–H and O–H groups in total. The molecular weight excluding hydrogens is 304 g/mol. The number of ether oxygens (including phenoxy) is 1.